The summed E-state index contributed by atoms with van der Waals surface area (Å²) in [4.78, 5) is 0.914. The van der Waals surface area contributed by atoms with Crippen LogP contribution in [0.3, 0.4) is 0 Å². The molecule has 2 rings (SSSR count). The smallest absolute Gasteiger partial charge is 0.114 e. The summed E-state index contributed by atoms with van der Waals surface area (Å²) in [6.45, 7) is 0. The molecular formula is C11H8BrClOS. The van der Waals surface area contributed by atoms with E-state index in [1.165, 1.54) is 11.3 Å². The summed E-state index contributed by atoms with van der Waals surface area (Å²) < 4.78 is 0.940. The molecule has 0 amide bonds. The van der Waals surface area contributed by atoms with Crippen molar-refractivity contribution in [2.75, 3.05) is 0 Å². The van der Waals surface area contributed by atoms with E-state index in [0.29, 0.717) is 5.02 Å². The van der Waals surface area contributed by atoms with E-state index in [0.717, 1.165) is 14.9 Å². The van der Waals surface area contributed by atoms with Gasteiger partial charge < -0.3 is 5.11 Å². The Balaban J connectivity index is 2.32. The predicted molar refractivity (Wildman–Crippen MR) is 67.5 cm³/mol. The van der Waals surface area contributed by atoms with Gasteiger partial charge in [-0.1, -0.05) is 23.7 Å². The van der Waals surface area contributed by atoms with E-state index in [9.17, 15) is 5.11 Å². The Morgan fingerprint density at radius 2 is 1.87 bits per heavy atom. The third kappa shape index (κ3) is 2.42. The summed E-state index contributed by atoms with van der Waals surface area (Å²) in [6.07, 6.45) is -0.586. The molecule has 0 saturated carbocycles. The minimum atomic E-state index is -0.586. The van der Waals surface area contributed by atoms with Crippen LogP contribution in [0.1, 0.15) is 16.5 Å². The van der Waals surface area contributed by atoms with Crippen LogP contribution in [0.4, 0.5) is 0 Å². The molecular weight excluding hydrogens is 296 g/mol. The molecule has 1 N–H and O–H groups in total. The molecule has 0 radical (unpaired) electrons. The Morgan fingerprint density at radius 1 is 1.20 bits per heavy atom. The van der Waals surface area contributed by atoms with Crippen LogP contribution in [-0.4, -0.2) is 5.11 Å². The van der Waals surface area contributed by atoms with Gasteiger partial charge in [-0.3, -0.25) is 0 Å². The Hall–Kier alpha value is -0.350. The molecule has 0 bridgehead atoms. The Morgan fingerprint density at radius 3 is 2.40 bits per heavy atom. The van der Waals surface area contributed by atoms with E-state index in [1.54, 1.807) is 12.1 Å². The molecule has 2 aromatic rings. The van der Waals surface area contributed by atoms with E-state index in [2.05, 4.69) is 15.9 Å². The highest BCUT2D eigenvalue weighted by atomic mass is 79.9. The second kappa shape index (κ2) is 4.66. The number of benzene rings is 1. The first kappa shape index (κ1) is 11.1. The van der Waals surface area contributed by atoms with Crippen molar-refractivity contribution in [1.29, 1.82) is 0 Å². The summed E-state index contributed by atoms with van der Waals surface area (Å²) in [5.41, 5.74) is 0.850. The molecule has 0 saturated heterocycles. The van der Waals surface area contributed by atoms with Crippen molar-refractivity contribution in [2.24, 2.45) is 0 Å². The molecule has 15 heavy (non-hydrogen) atoms. The highest BCUT2D eigenvalue weighted by molar-refractivity contribution is 9.10. The SMILES string of the molecule is OC(c1ccc(Cl)cc1)c1sccc1Br. The minimum Gasteiger partial charge on any atom is -0.383 e. The summed E-state index contributed by atoms with van der Waals surface area (Å²) in [7, 11) is 0. The number of aliphatic hydroxyl groups excluding tert-OH is 1. The first-order valence-electron chi connectivity index (χ1n) is 4.35. The second-order valence-electron chi connectivity index (χ2n) is 3.09. The van der Waals surface area contributed by atoms with Crippen LogP contribution < -0.4 is 0 Å². The van der Waals surface area contributed by atoms with Gasteiger partial charge in [-0.25, -0.2) is 0 Å². The van der Waals surface area contributed by atoms with Gasteiger partial charge in [-0.15, -0.1) is 11.3 Å². The van der Waals surface area contributed by atoms with Crippen molar-refractivity contribution in [2.45, 2.75) is 6.10 Å². The first-order chi connectivity index (χ1) is 7.18. The predicted octanol–water partition coefficient (Wildman–Crippen LogP) is 4.25. The van der Waals surface area contributed by atoms with Gasteiger partial charge in [0, 0.05) is 9.50 Å². The van der Waals surface area contributed by atoms with Gasteiger partial charge in [0.25, 0.3) is 0 Å². The van der Waals surface area contributed by atoms with Gasteiger partial charge in [0.1, 0.15) is 6.10 Å². The van der Waals surface area contributed by atoms with E-state index in [1.807, 2.05) is 23.6 Å². The molecule has 0 fully saturated rings. The topological polar surface area (TPSA) is 20.2 Å². The number of thiophene rings is 1. The Labute approximate surface area is 105 Å². The molecule has 0 aliphatic heterocycles. The van der Waals surface area contributed by atoms with Crippen LogP contribution >= 0.6 is 38.9 Å². The molecule has 0 aliphatic rings. The fourth-order valence-corrected chi connectivity index (χ4v) is 3.02. The fraction of sp³-hybridized carbons (Fsp3) is 0.0909. The molecule has 1 unspecified atom stereocenters. The molecule has 0 aliphatic carbocycles. The zero-order valence-electron chi connectivity index (χ0n) is 7.65. The fourth-order valence-electron chi connectivity index (χ4n) is 1.30. The molecule has 1 atom stereocenters. The van der Waals surface area contributed by atoms with Crippen molar-refractivity contribution >= 4 is 38.9 Å². The summed E-state index contributed by atoms with van der Waals surface area (Å²) in [5.74, 6) is 0. The first-order valence-corrected chi connectivity index (χ1v) is 6.40. The highest BCUT2D eigenvalue weighted by Gasteiger charge is 2.14. The average molecular weight is 304 g/mol. The van der Waals surface area contributed by atoms with E-state index >= 15 is 0 Å². The number of hydrogen-bond acceptors (Lipinski definition) is 2. The number of halogens is 2. The van der Waals surface area contributed by atoms with Crippen LogP contribution in [-0.2, 0) is 0 Å². The number of hydrogen-bond donors (Lipinski definition) is 1. The Bertz CT molecular complexity index is 452. The zero-order valence-corrected chi connectivity index (χ0v) is 10.8. The molecule has 0 spiro atoms. The van der Waals surface area contributed by atoms with E-state index < -0.39 is 6.10 Å². The maximum absolute atomic E-state index is 10.1. The molecule has 1 aromatic carbocycles. The summed E-state index contributed by atoms with van der Waals surface area (Å²) in [5, 5.41) is 12.7. The van der Waals surface area contributed by atoms with Crippen molar-refractivity contribution < 1.29 is 5.11 Å². The van der Waals surface area contributed by atoms with Crippen molar-refractivity contribution in [3.8, 4) is 0 Å². The van der Waals surface area contributed by atoms with Gasteiger partial charge in [0.15, 0.2) is 0 Å². The average Bonchev–Trinajstić information content (AvgIpc) is 2.65. The normalized spacial score (nSPS) is 12.7. The van der Waals surface area contributed by atoms with Crippen molar-refractivity contribution in [3.63, 3.8) is 0 Å². The van der Waals surface area contributed by atoms with Gasteiger partial charge in [-0.2, -0.15) is 0 Å². The third-order valence-corrected chi connectivity index (χ3v) is 4.25. The lowest BCUT2D eigenvalue weighted by atomic mass is 10.1. The van der Waals surface area contributed by atoms with Crippen LogP contribution in [0.25, 0.3) is 0 Å². The van der Waals surface area contributed by atoms with Gasteiger partial charge in [-0.05, 0) is 45.1 Å². The van der Waals surface area contributed by atoms with Crippen molar-refractivity contribution in [3.05, 3.63) is 55.6 Å². The maximum atomic E-state index is 10.1. The van der Waals surface area contributed by atoms with Crippen LogP contribution in [0.15, 0.2) is 40.2 Å². The second-order valence-corrected chi connectivity index (χ2v) is 5.33. The van der Waals surface area contributed by atoms with Gasteiger partial charge in [0.2, 0.25) is 0 Å². The molecule has 78 valence electrons. The molecule has 1 aromatic heterocycles. The largest absolute Gasteiger partial charge is 0.383 e. The van der Waals surface area contributed by atoms with Gasteiger partial charge >= 0.3 is 0 Å². The summed E-state index contributed by atoms with van der Waals surface area (Å²) >= 11 is 10.7. The van der Waals surface area contributed by atoms with Crippen LogP contribution in [0.5, 0.6) is 0 Å². The lowest BCUT2D eigenvalue weighted by Gasteiger charge is -2.09. The third-order valence-electron chi connectivity index (χ3n) is 2.08. The Kier molecular flexibility index (Phi) is 3.46. The molecule has 4 heteroatoms. The van der Waals surface area contributed by atoms with Gasteiger partial charge in [0.05, 0.1) is 4.88 Å². The number of rotatable bonds is 2. The highest BCUT2D eigenvalue weighted by Crippen LogP contribution is 2.33. The molecule has 1 heterocycles. The monoisotopic (exact) mass is 302 g/mol. The minimum absolute atomic E-state index is 0.586. The lowest BCUT2D eigenvalue weighted by Crippen LogP contribution is -1.97. The zero-order chi connectivity index (χ0) is 10.8. The quantitative estimate of drug-likeness (QED) is 0.879. The van der Waals surface area contributed by atoms with Crippen LogP contribution in [0, 0.1) is 0 Å². The van der Waals surface area contributed by atoms with Crippen molar-refractivity contribution in [1.82, 2.24) is 0 Å². The lowest BCUT2D eigenvalue weighted by molar-refractivity contribution is 0.223. The summed E-state index contributed by atoms with van der Waals surface area (Å²) in [6, 6.07) is 9.15. The van der Waals surface area contributed by atoms with Crippen LogP contribution in [0.2, 0.25) is 5.02 Å². The number of aliphatic hydroxyl groups is 1. The van der Waals surface area contributed by atoms with E-state index in [4.69, 9.17) is 11.6 Å². The maximum Gasteiger partial charge on any atom is 0.114 e. The molecule has 1 nitrogen and oxygen atoms in total. The standard InChI is InChI=1S/C11H8BrClOS/c12-9-5-6-15-11(9)10(14)7-1-3-8(13)4-2-7/h1-6,10,14H. The van der Waals surface area contributed by atoms with E-state index in [-0.39, 0.29) is 0 Å².